The number of nitrogens with one attached hydrogen (secondary N) is 2. The molecule has 0 unspecified atom stereocenters. The quantitative estimate of drug-likeness (QED) is 0.719. The van der Waals surface area contributed by atoms with Crippen molar-refractivity contribution >= 4 is 11.9 Å². The number of fused-ring (bicyclic) bond motifs is 1. The molecular formula is C16H23N3O5. The minimum Gasteiger partial charge on any atom is -0.496 e. The van der Waals surface area contributed by atoms with Crippen molar-refractivity contribution in [3.8, 4) is 11.5 Å². The number of hydrogen-bond acceptors (Lipinski definition) is 6. The summed E-state index contributed by atoms with van der Waals surface area (Å²) in [6.45, 7) is 1.32. The van der Waals surface area contributed by atoms with Crippen molar-refractivity contribution in [2.45, 2.75) is 19.1 Å². The number of ether oxygens (including phenoxy) is 2. The number of amides is 3. The summed E-state index contributed by atoms with van der Waals surface area (Å²) >= 11 is 0. The maximum absolute atomic E-state index is 11.7. The van der Waals surface area contributed by atoms with Crippen molar-refractivity contribution in [2.75, 3.05) is 34.4 Å². The van der Waals surface area contributed by atoms with Gasteiger partial charge in [-0.3, -0.25) is 15.0 Å². The Kier molecular flexibility index (Phi) is 5.99. The first-order chi connectivity index (χ1) is 11.5. The second-order valence-corrected chi connectivity index (χ2v) is 5.49. The number of rotatable bonds is 5. The topological polar surface area (TPSA) is 100 Å². The Hall–Kier alpha value is -2.32. The Balaban J connectivity index is 2.08. The van der Waals surface area contributed by atoms with E-state index < -0.39 is 12.1 Å². The lowest BCUT2D eigenvalue weighted by Gasteiger charge is -2.33. The molecule has 0 saturated heterocycles. The molecule has 132 valence electrons. The average molecular weight is 337 g/mol. The summed E-state index contributed by atoms with van der Waals surface area (Å²) in [7, 11) is 4.58. The molecule has 1 aliphatic rings. The highest BCUT2D eigenvalue weighted by Crippen LogP contribution is 2.39. The first-order valence-corrected chi connectivity index (χ1v) is 7.65. The summed E-state index contributed by atoms with van der Waals surface area (Å²) in [6.07, 6.45) is -0.581. The molecule has 0 aromatic heterocycles. The molecule has 8 heteroatoms. The minimum absolute atomic E-state index is 0.155. The molecule has 2 rings (SSSR count). The number of nitrogens with zero attached hydrogens (tertiary/aromatic N) is 1. The highest BCUT2D eigenvalue weighted by Gasteiger charge is 2.29. The van der Waals surface area contributed by atoms with Crippen molar-refractivity contribution in [2.24, 2.45) is 0 Å². The van der Waals surface area contributed by atoms with Gasteiger partial charge in [-0.25, -0.2) is 4.79 Å². The number of aliphatic hydroxyl groups excluding tert-OH is 1. The number of carbonyl (C=O) groups excluding carboxylic acids is 2. The molecule has 8 nitrogen and oxygen atoms in total. The number of hydrogen-bond donors (Lipinski definition) is 3. The van der Waals surface area contributed by atoms with Crippen LogP contribution in [0.4, 0.5) is 4.79 Å². The maximum atomic E-state index is 11.7. The zero-order valence-electron chi connectivity index (χ0n) is 14.1. The van der Waals surface area contributed by atoms with Crippen LogP contribution in [0.2, 0.25) is 0 Å². The van der Waals surface area contributed by atoms with Crippen LogP contribution >= 0.6 is 0 Å². The number of carbonyl (C=O) groups is 2. The lowest BCUT2D eigenvalue weighted by molar-refractivity contribution is -0.120. The van der Waals surface area contributed by atoms with Gasteiger partial charge in [0.1, 0.15) is 11.5 Å². The number of benzene rings is 1. The number of urea groups is 1. The summed E-state index contributed by atoms with van der Waals surface area (Å²) < 4.78 is 10.7. The Bertz CT molecular complexity index is 620. The number of β-amino-alcohol motifs (C(OH)–C–C–N with tert-alkyl or cyclic N) is 1. The fraction of sp³-hybridized carbons (Fsp3) is 0.500. The maximum Gasteiger partial charge on any atom is 0.321 e. The van der Waals surface area contributed by atoms with Crippen molar-refractivity contribution in [3.05, 3.63) is 23.3 Å². The van der Waals surface area contributed by atoms with Crippen LogP contribution < -0.4 is 20.1 Å². The third-order valence-electron chi connectivity index (χ3n) is 4.00. The first-order valence-electron chi connectivity index (χ1n) is 7.65. The molecule has 1 heterocycles. The summed E-state index contributed by atoms with van der Waals surface area (Å²) in [5, 5.41) is 15.0. The van der Waals surface area contributed by atoms with Gasteiger partial charge in [-0.15, -0.1) is 0 Å². The summed E-state index contributed by atoms with van der Waals surface area (Å²) in [5.41, 5.74) is 1.57. The molecule has 0 saturated carbocycles. The Labute approximate surface area is 140 Å². The normalized spacial score (nSPS) is 16.9. The van der Waals surface area contributed by atoms with E-state index in [2.05, 4.69) is 10.6 Å². The Morgan fingerprint density at radius 2 is 1.96 bits per heavy atom. The van der Waals surface area contributed by atoms with Crippen molar-refractivity contribution < 1.29 is 24.2 Å². The van der Waals surface area contributed by atoms with Crippen molar-refractivity contribution in [3.63, 3.8) is 0 Å². The van der Waals surface area contributed by atoms with Crippen LogP contribution in [-0.2, 0) is 11.3 Å². The Morgan fingerprint density at radius 1 is 1.29 bits per heavy atom. The molecule has 3 N–H and O–H groups in total. The Morgan fingerprint density at radius 3 is 2.58 bits per heavy atom. The van der Waals surface area contributed by atoms with Crippen LogP contribution in [0.5, 0.6) is 11.5 Å². The predicted molar refractivity (Wildman–Crippen MR) is 87.0 cm³/mol. The van der Waals surface area contributed by atoms with E-state index >= 15 is 0 Å². The average Bonchev–Trinajstić information content (AvgIpc) is 2.58. The molecule has 24 heavy (non-hydrogen) atoms. The van der Waals surface area contributed by atoms with Gasteiger partial charge in [-0.2, -0.15) is 0 Å². The van der Waals surface area contributed by atoms with E-state index in [4.69, 9.17) is 9.47 Å². The predicted octanol–water partition coefficient (Wildman–Crippen LogP) is 0.398. The number of aliphatic hydroxyl groups is 1. The molecule has 0 aliphatic carbocycles. The van der Waals surface area contributed by atoms with Crippen LogP contribution in [0.25, 0.3) is 0 Å². The van der Waals surface area contributed by atoms with Gasteiger partial charge in [0.2, 0.25) is 5.91 Å². The molecule has 0 bridgehead atoms. The first kappa shape index (κ1) is 18.0. The third-order valence-corrected chi connectivity index (χ3v) is 4.00. The van der Waals surface area contributed by atoms with E-state index in [1.54, 1.807) is 26.4 Å². The molecule has 1 aromatic carbocycles. The van der Waals surface area contributed by atoms with Crippen LogP contribution in [0.1, 0.15) is 23.7 Å². The van der Waals surface area contributed by atoms with Gasteiger partial charge in [0, 0.05) is 44.2 Å². The minimum atomic E-state index is -0.735. The lowest BCUT2D eigenvalue weighted by Crippen LogP contribution is -2.40. The molecule has 0 spiro atoms. The molecule has 1 aromatic rings. The highest BCUT2D eigenvalue weighted by atomic mass is 16.5. The lowest BCUT2D eigenvalue weighted by atomic mass is 9.95. The van der Waals surface area contributed by atoms with E-state index in [0.29, 0.717) is 31.1 Å². The zero-order valence-corrected chi connectivity index (χ0v) is 14.1. The van der Waals surface area contributed by atoms with E-state index in [-0.39, 0.29) is 12.3 Å². The second kappa shape index (κ2) is 7.98. The molecule has 1 aliphatic heterocycles. The third kappa shape index (κ3) is 3.95. The van der Waals surface area contributed by atoms with Gasteiger partial charge in [-0.1, -0.05) is 0 Å². The fourth-order valence-electron chi connectivity index (χ4n) is 2.83. The molecule has 3 amide bonds. The van der Waals surface area contributed by atoms with Crippen LogP contribution in [-0.4, -0.2) is 56.3 Å². The van der Waals surface area contributed by atoms with Gasteiger partial charge in [-0.05, 0) is 12.1 Å². The highest BCUT2D eigenvalue weighted by molar-refractivity contribution is 5.94. The van der Waals surface area contributed by atoms with Gasteiger partial charge in [0.25, 0.3) is 0 Å². The second-order valence-electron chi connectivity index (χ2n) is 5.49. The summed E-state index contributed by atoms with van der Waals surface area (Å²) in [4.78, 5) is 24.8. The van der Waals surface area contributed by atoms with E-state index in [9.17, 15) is 14.7 Å². The molecule has 0 fully saturated rings. The van der Waals surface area contributed by atoms with Gasteiger partial charge in [0.15, 0.2) is 0 Å². The number of imide groups is 1. The summed E-state index contributed by atoms with van der Waals surface area (Å²) in [5.74, 6) is 0.923. The van der Waals surface area contributed by atoms with Crippen molar-refractivity contribution in [1.82, 2.24) is 15.5 Å². The molecule has 1 atom stereocenters. The van der Waals surface area contributed by atoms with E-state index in [0.717, 1.165) is 11.1 Å². The van der Waals surface area contributed by atoms with E-state index in [1.807, 2.05) is 4.90 Å². The van der Waals surface area contributed by atoms with Crippen LogP contribution in [0.3, 0.4) is 0 Å². The largest absolute Gasteiger partial charge is 0.496 e. The zero-order chi connectivity index (χ0) is 17.7. The van der Waals surface area contributed by atoms with Crippen LogP contribution in [0, 0.1) is 0 Å². The summed E-state index contributed by atoms with van der Waals surface area (Å²) in [6, 6.07) is 3.04. The SMILES string of the molecule is CNC(=O)NC(=O)CCN1Cc2c(OC)ccc(OC)c2[C@@H](O)C1. The fourth-order valence-corrected chi connectivity index (χ4v) is 2.83. The van der Waals surface area contributed by atoms with Crippen LogP contribution in [0.15, 0.2) is 12.1 Å². The van der Waals surface area contributed by atoms with Gasteiger partial charge in [0.05, 0.1) is 20.3 Å². The molecular weight excluding hydrogens is 314 g/mol. The van der Waals surface area contributed by atoms with Crippen molar-refractivity contribution in [1.29, 1.82) is 0 Å². The van der Waals surface area contributed by atoms with E-state index in [1.165, 1.54) is 7.05 Å². The number of methoxy groups -OCH3 is 2. The van der Waals surface area contributed by atoms with Gasteiger partial charge < -0.3 is 19.9 Å². The van der Waals surface area contributed by atoms with Gasteiger partial charge >= 0.3 is 6.03 Å². The standard InChI is InChI=1S/C16H23N3O5/c1-17-16(22)18-14(21)6-7-19-8-10-12(23-2)4-5-13(24-3)15(10)11(20)9-19/h4-5,11,20H,6-9H2,1-3H3,(H2,17,18,21,22)/t11-/m0/s1. The monoisotopic (exact) mass is 337 g/mol. The smallest absolute Gasteiger partial charge is 0.321 e. The molecule has 0 radical (unpaired) electrons.